The van der Waals surface area contributed by atoms with Crippen LogP contribution in [0.15, 0.2) is 36.7 Å². The van der Waals surface area contributed by atoms with E-state index in [-0.39, 0.29) is 5.54 Å². The summed E-state index contributed by atoms with van der Waals surface area (Å²) in [5, 5.41) is 4.22. The average molecular weight is 213 g/mol. The van der Waals surface area contributed by atoms with Gasteiger partial charge < -0.3 is 5.73 Å². The molecule has 1 aliphatic carbocycles. The molecular weight excluding hydrogens is 198 g/mol. The van der Waals surface area contributed by atoms with Gasteiger partial charge in [0.1, 0.15) is 0 Å². The fourth-order valence-corrected chi connectivity index (χ4v) is 2.59. The van der Waals surface area contributed by atoms with Crippen LogP contribution in [-0.4, -0.2) is 9.78 Å². The number of aromatic nitrogens is 2. The lowest BCUT2D eigenvalue weighted by Gasteiger charge is -2.23. The minimum Gasteiger partial charge on any atom is -0.318 e. The number of nitrogens with zero attached hydrogens (tertiary/aromatic N) is 2. The van der Waals surface area contributed by atoms with Gasteiger partial charge in [-0.15, -0.1) is 0 Å². The van der Waals surface area contributed by atoms with E-state index in [1.165, 1.54) is 11.1 Å². The maximum absolute atomic E-state index is 6.55. The first-order valence-corrected chi connectivity index (χ1v) is 5.56. The molecule has 2 N–H and O–H groups in total. The predicted octanol–water partition coefficient (Wildman–Crippen LogP) is 1.57. The molecule has 0 amide bonds. The number of rotatable bonds is 1. The quantitative estimate of drug-likeness (QED) is 0.781. The summed E-state index contributed by atoms with van der Waals surface area (Å²) in [5.41, 5.74) is 9.94. The molecule has 1 atom stereocenters. The molecule has 0 aliphatic heterocycles. The van der Waals surface area contributed by atoms with Crippen molar-refractivity contribution in [3.63, 3.8) is 0 Å². The molecule has 3 heteroatoms. The summed E-state index contributed by atoms with van der Waals surface area (Å²) in [7, 11) is 1.92. The lowest BCUT2D eigenvalue weighted by atomic mass is 9.87. The van der Waals surface area contributed by atoms with Crippen molar-refractivity contribution in [1.82, 2.24) is 9.78 Å². The highest BCUT2D eigenvalue weighted by Gasteiger charge is 2.37. The highest BCUT2D eigenvalue weighted by atomic mass is 15.2. The predicted molar refractivity (Wildman–Crippen MR) is 62.9 cm³/mol. The molecule has 1 unspecified atom stereocenters. The first-order chi connectivity index (χ1) is 7.70. The normalized spacial score (nSPS) is 23.4. The third-order valence-electron chi connectivity index (χ3n) is 3.51. The van der Waals surface area contributed by atoms with Crippen LogP contribution in [0.2, 0.25) is 0 Å². The number of benzene rings is 1. The van der Waals surface area contributed by atoms with Crippen molar-refractivity contribution in [3.8, 4) is 0 Å². The van der Waals surface area contributed by atoms with Crippen LogP contribution in [0.1, 0.15) is 23.1 Å². The molecule has 0 saturated carbocycles. The number of nitrogens with two attached hydrogens (primary N) is 1. The third kappa shape index (κ3) is 1.21. The second-order valence-electron chi connectivity index (χ2n) is 4.53. The van der Waals surface area contributed by atoms with Gasteiger partial charge in [-0.2, -0.15) is 5.10 Å². The summed E-state index contributed by atoms with van der Waals surface area (Å²) < 4.78 is 1.81. The zero-order valence-corrected chi connectivity index (χ0v) is 9.35. The van der Waals surface area contributed by atoms with E-state index in [9.17, 15) is 0 Å². The molecule has 82 valence electrons. The van der Waals surface area contributed by atoms with Gasteiger partial charge in [0.25, 0.3) is 0 Å². The maximum atomic E-state index is 6.55. The summed E-state index contributed by atoms with van der Waals surface area (Å²) in [6.07, 6.45) is 5.92. The van der Waals surface area contributed by atoms with Crippen LogP contribution in [0.25, 0.3) is 0 Å². The molecule has 0 spiro atoms. The second-order valence-corrected chi connectivity index (χ2v) is 4.53. The van der Waals surface area contributed by atoms with Gasteiger partial charge in [0.05, 0.1) is 11.7 Å². The zero-order valence-electron chi connectivity index (χ0n) is 9.35. The van der Waals surface area contributed by atoms with Gasteiger partial charge in [0.2, 0.25) is 0 Å². The highest BCUT2D eigenvalue weighted by molar-refractivity contribution is 5.45. The van der Waals surface area contributed by atoms with Gasteiger partial charge in [-0.3, -0.25) is 4.68 Å². The Bertz CT molecular complexity index is 529. The Balaban J connectivity index is 2.14. The van der Waals surface area contributed by atoms with E-state index in [0.29, 0.717) is 0 Å². The molecule has 1 aromatic carbocycles. The Morgan fingerprint density at radius 2 is 2.19 bits per heavy atom. The van der Waals surface area contributed by atoms with E-state index in [4.69, 9.17) is 5.73 Å². The van der Waals surface area contributed by atoms with Gasteiger partial charge in [-0.1, -0.05) is 24.3 Å². The third-order valence-corrected chi connectivity index (χ3v) is 3.51. The first-order valence-electron chi connectivity index (χ1n) is 5.56. The van der Waals surface area contributed by atoms with Crippen LogP contribution in [0, 0.1) is 0 Å². The van der Waals surface area contributed by atoms with Crippen molar-refractivity contribution in [2.24, 2.45) is 12.8 Å². The Morgan fingerprint density at radius 3 is 2.94 bits per heavy atom. The van der Waals surface area contributed by atoms with Crippen molar-refractivity contribution in [2.45, 2.75) is 18.4 Å². The van der Waals surface area contributed by atoms with Gasteiger partial charge in [-0.05, 0) is 24.0 Å². The molecule has 0 radical (unpaired) electrons. The number of fused-ring (bicyclic) bond motifs is 1. The van der Waals surface area contributed by atoms with Gasteiger partial charge >= 0.3 is 0 Å². The molecule has 0 fully saturated rings. The fourth-order valence-electron chi connectivity index (χ4n) is 2.59. The number of hydrogen-bond donors (Lipinski definition) is 1. The number of hydrogen-bond acceptors (Lipinski definition) is 2. The molecule has 0 bridgehead atoms. The standard InChI is InChI=1S/C13H15N3/c1-16-9-11(8-15-16)13(14)7-6-10-4-2-3-5-12(10)13/h2-5,8-9H,6-7,14H2,1H3. The summed E-state index contributed by atoms with van der Waals surface area (Å²) in [6.45, 7) is 0. The van der Waals surface area contributed by atoms with Crippen LogP contribution >= 0.6 is 0 Å². The minimum atomic E-state index is -0.342. The first kappa shape index (κ1) is 9.60. The van der Waals surface area contributed by atoms with Crippen LogP contribution in [0.4, 0.5) is 0 Å². The zero-order chi connectivity index (χ0) is 11.2. The maximum Gasteiger partial charge on any atom is 0.0702 e. The smallest absolute Gasteiger partial charge is 0.0702 e. The fraction of sp³-hybridized carbons (Fsp3) is 0.308. The van der Waals surface area contributed by atoms with Crippen molar-refractivity contribution in [2.75, 3.05) is 0 Å². The van der Waals surface area contributed by atoms with E-state index in [2.05, 4.69) is 29.4 Å². The van der Waals surface area contributed by atoms with E-state index in [1.54, 1.807) is 0 Å². The van der Waals surface area contributed by atoms with Crippen LogP contribution in [-0.2, 0) is 19.0 Å². The molecule has 0 saturated heterocycles. The Morgan fingerprint density at radius 1 is 1.38 bits per heavy atom. The summed E-state index contributed by atoms with van der Waals surface area (Å²) in [6, 6.07) is 8.44. The van der Waals surface area contributed by atoms with Gasteiger partial charge in [0.15, 0.2) is 0 Å². The van der Waals surface area contributed by atoms with Crippen molar-refractivity contribution < 1.29 is 0 Å². The van der Waals surface area contributed by atoms with E-state index < -0.39 is 0 Å². The average Bonchev–Trinajstić information content (AvgIpc) is 2.86. The topological polar surface area (TPSA) is 43.8 Å². The van der Waals surface area contributed by atoms with Crippen LogP contribution < -0.4 is 5.73 Å². The van der Waals surface area contributed by atoms with Crippen LogP contribution in [0.3, 0.4) is 0 Å². The van der Waals surface area contributed by atoms with Crippen molar-refractivity contribution in [3.05, 3.63) is 53.3 Å². The summed E-state index contributed by atoms with van der Waals surface area (Å²) >= 11 is 0. The second kappa shape index (κ2) is 3.19. The molecular formula is C13H15N3. The largest absolute Gasteiger partial charge is 0.318 e. The lowest BCUT2D eigenvalue weighted by molar-refractivity contribution is 0.534. The van der Waals surface area contributed by atoms with Crippen LogP contribution in [0.5, 0.6) is 0 Å². The van der Waals surface area contributed by atoms with Crippen molar-refractivity contribution >= 4 is 0 Å². The summed E-state index contributed by atoms with van der Waals surface area (Å²) in [4.78, 5) is 0. The molecule has 2 aromatic rings. The molecule has 16 heavy (non-hydrogen) atoms. The van der Waals surface area contributed by atoms with Crippen molar-refractivity contribution in [1.29, 1.82) is 0 Å². The molecule has 1 aliphatic rings. The Labute approximate surface area is 94.9 Å². The SMILES string of the molecule is Cn1cc(C2(N)CCc3ccccc32)cn1. The van der Waals surface area contributed by atoms with Gasteiger partial charge in [-0.25, -0.2) is 0 Å². The molecule has 1 aromatic heterocycles. The van der Waals surface area contributed by atoms with Gasteiger partial charge in [0, 0.05) is 18.8 Å². The summed E-state index contributed by atoms with van der Waals surface area (Å²) in [5.74, 6) is 0. The minimum absolute atomic E-state index is 0.342. The lowest BCUT2D eigenvalue weighted by Crippen LogP contribution is -2.35. The Hall–Kier alpha value is -1.61. The molecule has 3 rings (SSSR count). The highest BCUT2D eigenvalue weighted by Crippen LogP contribution is 2.39. The molecule has 1 heterocycles. The monoisotopic (exact) mass is 213 g/mol. The Kier molecular flexibility index (Phi) is 1.91. The number of aryl methyl sites for hydroxylation is 2. The van der Waals surface area contributed by atoms with E-state index in [0.717, 1.165) is 18.4 Å². The molecule has 3 nitrogen and oxygen atoms in total. The van der Waals surface area contributed by atoms with E-state index in [1.807, 2.05) is 24.1 Å². The van der Waals surface area contributed by atoms with E-state index >= 15 is 0 Å².